The molecule has 1 aliphatic rings. The molecule has 1 fully saturated rings. The Kier molecular flexibility index (Phi) is 4.93. The lowest BCUT2D eigenvalue weighted by Crippen LogP contribution is -2.49. The molecular formula is C14H16BrF3N2O. The van der Waals surface area contributed by atoms with Crippen molar-refractivity contribution in [1.82, 2.24) is 4.90 Å². The zero-order valence-electron chi connectivity index (χ0n) is 11.6. The topological polar surface area (TPSA) is 23.6 Å². The highest BCUT2D eigenvalue weighted by molar-refractivity contribution is 9.10. The number of benzene rings is 1. The maximum atomic E-state index is 12.4. The van der Waals surface area contributed by atoms with Gasteiger partial charge >= 0.3 is 6.18 Å². The van der Waals surface area contributed by atoms with Gasteiger partial charge in [-0.25, -0.2) is 0 Å². The molecule has 0 aromatic heterocycles. The number of Topliss-reactive ketones (excluding diaryl/α,β-unsaturated/α-hetero) is 1. The normalized spacial score (nSPS) is 17.1. The van der Waals surface area contributed by atoms with Gasteiger partial charge in [0.1, 0.15) is 0 Å². The summed E-state index contributed by atoms with van der Waals surface area (Å²) in [5, 5.41) is 0. The van der Waals surface area contributed by atoms with Gasteiger partial charge in [0, 0.05) is 41.9 Å². The first-order valence-corrected chi connectivity index (χ1v) is 7.40. The van der Waals surface area contributed by atoms with Crippen molar-refractivity contribution in [3.63, 3.8) is 0 Å². The minimum Gasteiger partial charge on any atom is -0.368 e. The zero-order valence-corrected chi connectivity index (χ0v) is 13.2. The number of hydrogen-bond donors (Lipinski definition) is 0. The summed E-state index contributed by atoms with van der Waals surface area (Å²) in [6, 6.07) is 5.38. The molecule has 2 rings (SSSR count). The quantitative estimate of drug-likeness (QED) is 0.768. The number of hydrogen-bond acceptors (Lipinski definition) is 3. The third-order valence-corrected chi connectivity index (χ3v) is 3.95. The van der Waals surface area contributed by atoms with Crippen molar-refractivity contribution in [3.8, 4) is 0 Å². The second-order valence-corrected chi connectivity index (χ2v) is 6.01. The lowest BCUT2D eigenvalue weighted by molar-refractivity contribution is -0.146. The predicted molar refractivity (Wildman–Crippen MR) is 78.9 cm³/mol. The van der Waals surface area contributed by atoms with E-state index in [-0.39, 0.29) is 5.78 Å². The van der Waals surface area contributed by atoms with Crippen molar-refractivity contribution in [2.45, 2.75) is 13.1 Å². The molecule has 3 nitrogen and oxygen atoms in total. The van der Waals surface area contributed by atoms with Gasteiger partial charge in [0.2, 0.25) is 0 Å². The molecule has 0 aliphatic carbocycles. The van der Waals surface area contributed by atoms with Crippen LogP contribution in [0.15, 0.2) is 22.7 Å². The summed E-state index contributed by atoms with van der Waals surface area (Å²) in [5.41, 5.74) is 1.38. The van der Waals surface area contributed by atoms with E-state index in [1.807, 2.05) is 11.0 Å². The van der Waals surface area contributed by atoms with E-state index in [4.69, 9.17) is 0 Å². The van der Waals surface area contributed by atoms with Crippen LogP contribution in [0.4, 0.5) is 18.9 Å². The van der Waals surface area contributed by atoms with E-state index in [0.29, 0.717) is 31.7 Å². The fourth-order valence-electron chi connectivity index (χ4n) is 2.46. The molecular weight excluding hydrogens is 349 g/mol. The van der Waals surface area contributed by atoms with Crippen LogP contribution in [0.5, 0.6) is 0 Å². The van der Waals surface area contributed by atoms with Crippen molar-refractivity contribution in [2.24, 2.45) is 0 Å². The summed E-state index contributed by atoms with van der Waals surface area (Å²) in [5.74, 6) is -0.0461. The van der Waals surface area contributed by atoms with Gasteiger partial charge < -0.3 is 4.90 Å². The van der Waals surface area contributed by atoms with Crippen molar-refractivity contribution >= 4 is 27.4 Å². The molecule has 0 atom stereocenters. The average molecular weight is 365 g/mol. The first-order chi connectivity index (χ1) is 9.76. The van der Waals surface area contributed by atoms with E-state index in [9.17, 15) is 18.0 Å². The van der Waals surface area contributed by atoms with Crippen LogP contribution in [0.2, 0.25) is 0 Å². The molecule has 1 aliphatic heterocycles. The Hall–Kier alpha value is -1.08. The molecule has 21 heavy (non-hydrogen) atoms. The molecule has 0 amide bonds. The Labute approximate surface area is 129 Å². The molecule has 0 bridgehead atoms. The lowest BCUT2D eigenvalue weighted by atomic mass is 10.1. The third-order valence-electron chi connectivity index (χ3n) is 3.45. The largest absolute Gasteiger partial charge is 0.401 e. The summed E-state index contributed by atoms with van der Waals surface area (Å²) in [4.78, 5) is 15.0. The number of rotatable bonds is 3. The Bertz CT molecular complexity index is 525. The molecule has 116 valence electrons. The monoisotopic (exact) mass is 364 g/mol. The Morgan fingerprint density at radius 2 is 1.86 bits per heavy atom. The summed E-state index contributed by atoms with van der Waals surface area (Å²) in [6.07, 6.45) is -4.16. The highest BCUT2D eigenvalue weighted by Crippen LogP contribution is 2.27. The van der Waals surface area contributed by atoms with Crippen molar-refractivity contribution in [1.29, 1.82) is 0 Å². The van der Waals surface area contributed by atoms with E-state index in [0.717, 1.165) is 10.2 Å². The van der Waals surface area contributed by atoms with Crippen molar-refractivity contribution in [2.75, 3.05) is 37.6 Å². The van der Waals surface area contributed by atoms with E-state index in [2.05, 4.69) is 15.9 Å². The summed E-state index contributed by atoms with van der Waals surface area (Å²) in [7, 11) is 0. The Morgan fingerprint density at radius 3 is 2.38 bits per heavy atom. The molecule has 0 N–H and O–H groups in total. The molecule has 1 aromatic rings. The van der Waals surface area contributed by atoms with Gasteiger partial charge in [0.25, 0.3) is 0 Å². The number of carbonyl (C=O) groups excluding carboxylic acids is 1. The Morgan fingerprint density at radius 1 is 1.24 bits per heavy atom. The maximum absolute atomic E-state index is 12.4. The zero-order chi connectivity index (χ0) is 15.6. The molecule has 1 saturated heterocycles. The number of nitrogens with zero attached hydrogens (tertiary/aromatic N) is 2. The van der Waals surface area contributed by atoms with E-state index in [1.165, 1.54) is 11.8 Å². The van der Waals surface area contributed by atoms with Crippen LogP contribution < -0.4 is 4.90 Å². The molecule has 0 spiro atoms. The first kappa shape index (κ1) is 16.3. The van der Waals surface area contributed by atoms with Gasteiger partial charge in [-0.1, -0.05) is 15.9 Å². The van der Waals surface area contributed by atoms with Gasteiger partial charge in [-0.3, -0.25) is 9.69 Å². The molecule has 1 heterocycles. The van der Waals surface area contributed by atoms with Crippen LogP contribution >= 0.6 is 15.9 Å². The van der Waals surface area contributed by atoms with Gasteiger partial charge in [-0.05, 0) is 25.1 Å². The molecule has 0 saturated carbocycles. The number of carbonyl (C=O) groups is 1. The summed E-state index contributed by atoms with van der Waals surface area (Å²) >= 11 is 3.37. The van der Waals surface area contributed by atoms with Crippen molar-refractivity contribution in [3.05, 3.63) is 28.2 Å². The van der Waals surface area contributed by atoms with Crippen LogP contribution in [0.3, 0.4) is 0 Å². The van der Waals surface area contributed by atoms with Gasteiger partial charge in [-0.2, -0.15) is 13.2 Å². The molecule has 7 heteroatoms. The van der Waals surface area contributed by atoms with E-state index >= 15 is 0 Å². The molecule has 0 radical (unpaired) electrons. The van der Waals surface area contributed by atoms with E-state index < -0.39 is 12.7 Å². The third kappa shape index (κ3) is 4.44. The summed E-state index contributed by atoms with van der Waals surface area (Å²) < 4.78 is 38.0. The second kappa shape index (κ2) is 6.36. The second-order valence-electron chi connectivity index (χ2n) is 5.10. The van der Waals surface area contributed by atoms with Crippen LogP contribution in [-0.4, -0.2) is 49.6 Å². The predicted octanol–water partition coefficient (Wildman–Crippen LogP) is 3.34. The standard InChI is InChI=1S/C14H16BrF3N2O/c1-10(21)12-3-2-11(15)8-13(12)20-6-4-19(5-7-20)9-14(16,17)18/h2-3,8H,4-7,9H2,1H3. The average Bonchev–Trinajstić information content (AvgIpc) is 2.37. The van der Waals surface area contributed by atoms with E-state index in [1.54, 1.807) is 12.1 Å². The number of halogens is 4. The number of anilines is 1. The van der Waals surface area contributed by atoms with Crippen LogP contribution in [-0.2, 0) is 0 Å². The van der Waals surface area contributed by atoms with Crippen molar-refractivity contribution < 1.29 is 18.0 Å². The molecule has 1 aromatic carbocycles. The highest BCUT2D eigenvalue weighted by Gasteiger charge is 2.32. The smallest absolute Gasteiger partial charge is 0.368 e. The fraction of sp³-hybridized carbons (Fsp3) is 0.500. The van der Waals surface area contributed by atoms with Crippen LogP contribution in [0.1, 0.15) is 17.3 Å². The maximum Gasteiger partial charge on any atom is 0.401 e. The van der Waals surface area contributed by atoms with Crippen LogP contribution in [0.25, 0.3) is 0 Å². The number of piperazine rings is 1. The van der Waals surface area contributed by atoms with Gasteiger partial charge in [0.15, 0.2) is 5.78 Å². The SMILES string of the molecule is CC(=O)c1ccc(Br)cc1N1CCN(CC(F)(F)F)CC1. The van der Waals surface area contributed by atoms with Gasteiger partial charge in [0.05, 0.1) is 6.54 Å². The molecule has 0 unspecified atom stereocenters. The highest BCUT2D eigenvalue weighted by atomic mass is 79.9. The van der Waals surface area contributed by atoms with Crippen LogP contribution in [0, 0.1) is 0 Å². The minimum atomic E-state index is -4.16. The summed E-state index contributed by atoms with van der Waals surface area (Å²) in [6.45, 7) is 2.25. The minimum absolute atomic E-state index is 0.0461. The first-order valence-electron chi connectivity index (χ1n) is 6.61. The Balaban J connectivity index is 2.09. The number of alkyl halides is 3. The number of ketones is 1. The fourth-order valence-corrected chi connectivity index (χ4v) is 2.81. The van der Waals surface area contributed by atoms with Gasteiger partial charge in [-0.15, -0.1) is 0 Å². The lowest BCUT2D eigenvalue weighted by Gasteiger charge is -2.37.